The Balaban J connectivity index is 1.99. The van der Waals surface area contributed by atoms with Gasteiger partial charge in [-0.25, -0.2) is 0 Å². The van der Waals surface area contributed by atoms with Crippen LogP contribution in [0.2, 0.25) is 0 Å². The highest BCUT2D eigenvalue weighted by Crippen LogP contribution is 2.20. The van der Waals surface area contributed by atoms with E-state index in [2.05, 4.69) is 17.1 Å². The third kappa shape index (κ3) is 2.99. The number of ether oxygens (including phenoxy) is 1. The molecular formula is C13H24N2O2. The molecule has 0 aliphatic carbocycles. The molecule has 3 atom stereocenters. The molecule has 2 aliphatic rings. The molecule has 4 nitrogen and oxygen atoms in total. The van der Waals surface area contributed by atoms with E-state index < -0.39 is 0 Å². The van der Waals surface area contributed by atoms with Gasteiger partial charge in [-0.05, 0) is 32.7 Å². The Bertz CT molecular complexity index is 264. The Hall–Kier alpha value is -0.610. The summed E-state index contributed by atoms with van der Waals surface area (Å²) in [7, 11) is 0. The van der Waals surface area contributed by atoms with Gasteiger partial charge in [0.1, 0.15) is 0 Å². The van der Waals surface area contributed by atoms with Gasteiger partial charge in [-0.15, -0.1) is 0 Å². The Labute approximate surface area is 104 Å². The lowest BCUT2D eigenvalue weighted by atomic mass is 9.96. The van der Waals surface area contributed by atoms with Crippen LogP contribution >= 0.6 is 0 Å². The average Bonchev–Trinajstić information content (AvgIpc) is 2.39. The third-order valence-corrected chi connectivity index (χ3v) is 3.87. The fourth-order valence-electron chi connectivity index (χ4n) is 2.75. The number of nitrogens with zero attached hydrogens (tertiary/aromatic N) is 1. The standard InChI is InChI=1S/C13H24N2O2/c1-3-12-9-17-10(2)8-15(12)13(16)11-5-4-6-14-7-11/h10-12,14H,3-9H2,1-2H3. The van der Waals surface area contributed by atoms with Crippen molar-refractivity contribution in [3.63, 3.8) is 0 Å². The molecule has 0 aromatic rings. The molecule has 2 fully saturated rings. The minimum atomic E-state index is 0.179. The van der Waals surface area contributed by atoms with E-state index in [1.54, 1.807) is 0 Å². The van der Waals surface area contributed by atoms with Gasteiger partial charge in [0.15, 0.2) is 0 Å². The second-order valence-electron chi connectivity index (χ2n) is 5.24. The van der Waals surface area contributed by atoms with E-state index in [-0.39, 0.29) is 18.1 Å². The van der Waals surface area contributed by atoms with Crippen LogP contribution in [0.4, 0.5) is 0 Å². The van der Waals surface area contributed by atoms with Crippen molar-refractivity contribution in [2.24, 2.45) is 5.92 Å². The number of amides is 1. The minimum Gasteiger partial charge on any atom is -0.375 e. The highest BCUT2D eigenvalue weighted by Gasteiger charge is 2.33. The zero-order valence-corrected chi connectivity index (χ0v) is 10.9. The van der Waals surface area contributed by atoms with Crippen LogP contribution in [0.25, 0.3) is 0 Å². The molecule has 0 aromatic heterocycles. The van der Waals surface area contributed by atoms with Gasteiger partial charge in [-0.3, -0.25) is 4.79 Å². The smallest absolute Gasteiger partial charge is 0.227 e. The van der Waals surface area contributed by atoms with E-state index in [1.165, 1.54) is 0 Å². The van der Waals surface area contributed by atoms with Crippen molar-refractivity contribution < 1.29 is 9.53 Å². The molecule has 2 rings (SSSR count). The number of piperidine rings is 1. The van der Waals surface area contributed by atoms with Crippen molar-refractivity contribution in [1.29, 1.82) is 0 Å². The largest absolute Gasteiger partial charge is 0.375 e. The Morgan fingerprint density at radius 3 is 3.00 bits per heavy atom. The molecule has 2 saturated heterocycles. The van der Waals surface area contributed by atoms with E-state index in [0.717, 1.165) is 38.9 Å². The molecule has 2 heterocycles. The maximum atomic E-state index is 12.5. The molecule has 1 N–H and O–H groups in total. The molecule has 98 valence electrons. The molecule has 17 heavy (non-hydrogen) atoms. The molecule has 0 aromatic carbocycles. The normalized spacial score (nSPS) is 34.7. The van der Waals surface area contributed by atoms with Gasteiger partial charge in [0.05, 0.1) is 24.7 Å². The van der Waals surface area contributed by atoms with Crippen LogP contribution in [-0.2, 0) is 9.53 Å². The van der Waals surface area contributed by atoms with Crippen molar-refractivity contribution in [2.45, 2.75) is 45.3 Å². The summed E-state index contributed by atoms with van der Waals surface area (Å²) in [5.74, 6) is 0.516. The number of nitrogens with one attached hydrogen (secondary N) is 1. The first-order chi connectivity index (χ1) is 8.22. The first-order valence-corrected chi connectivity index (χ1v) is 6.85. The number of carbonyl (C=O) groups excluding carboxylic acids is 1. The SMILES string of the molecule is CCC1COC(C)CN1C(=O)C1CCCNC1. The molecule has 0 bridgehead atoms. The molecule has 0 radical (unpaired) electrons. The second-order valence-corrected chi connectivity index (χ2v) is 5.24. The zero-order chi connectivity index (χ0) is 12.3. The number of morpholine rings is 1. The summed E-state index contributed by atoms with van der Waals surface area (Å²) in [5.41, 5.74) is 0. The van der Waals surface area contributed by atoms with Crippen LogP contribution in [0, 0.1) is 5.92 Å². The summed E-state index contributed by atoms with van der Waals surface area (Å²) in [4.78, 5) is 14.6. The van der Waals surface area contributed by atoms with E-state index in [9.17, 15) is 4.79 Å². The van der Waals surface area contributed by atoms with Gasteiger partial charge in [0.25, 0.3) is 0 Å². The fraction of sp³-hybridized carbons (Fsp3) is 0.923. The molecule has 2 aliphatic heterocycles. The molecule has 1 amide bonds. The molecule has 3 unspecified atom stereocenters. The summed E-state index contributed by atoms with van der Waals surface area (Å²) >= 11 is 0. The monoisotopic (exact) mass is 240 g/mol. The van der Waals surface area contributed by atoms with Crippen LogP contribution in [0.3, 0.4) is 0 Å². The van der Waals surface area contributed by atoms with E-state index in [1.807, 2.05) is 6.92 Å². The fourth-order valence-corrected chi connectivity index (χ4v) is 2.75. The summed E-state index contributed by atoms with van der Waals surface area (Å²) < 4.78 is 5.64. The number of hydrogen-bond donors (Lipinski definition) is 1. The van der Waals surface area contributed by atoms with Gasteiger partial charge in [0, 0.05) is 13.1 Å². The number of rotatable bonds is 2. The highest BCUT2D eigenvalue weighted by molar-refractivity contribution is 5.79. The van der Waals surface area contributed by atoms with Gasteiger partial charge in [-0.2, -0.15) is 0 Å². The average molecular weight is 240 g/mol. The second kappa shape index (κ2) is 5.83. The minimum absolute atomic E-state index is 0.179. The lowest BCUT2D eigenvalue weighted by Crippen LogP contribution is -2.54. The first kappa shape index (κ1) is 12.8. The molecule has 4 heteroatoms. The van der Waals surface area contributed by atoms with Crippen molar-refractivity contribution >= 4 is 5.91 Å². The Kier molecular flexibility index (Phi) is 4.40. The first-order valence-electron chi connectivity index (χ1n) is 6.85. The summed E-state index contributed by atoms with van der Waals surface area (Å²) in [6, 6.07) is 0.278. The van der Waals surface area contributed by atoms with Crippen molar-refractivity contribution in [3.05, 3.63) is 0 Å². The van der Waals surface area contributed by atoms with Gasteiger partial charge in [0.2, 0.25) is 5.91 Å². The van der Waals surface area contributed by atoms with Crippen LogP contribution < -0.4 is 5.32 Å². The van der Waals surface area contributed by atoms with Crippen molar-refractivity contribution in [1.82, 2.24) is 10.2 Å². The van der Waals surface area contributed by atoms with Crippen LogP contribution in [-0.4, -0.2) is 49.2 Å². The summed E-state index contributed by atoms with van der Waals surface area (Å²) in [6.45, 7) is 7.54. The van der Waals surface area contributed by atoms with Crippen LogP contribution in [0.1, 0.15) is 33.1 Å². The lowest BCUT2D eigenvalue weighted by molar-refractivity contribution is -0.149. The topological polar surface area (TPSA) is 41.6 Å². The summed E-state index contributed by atoms with van der Waals surface area (Å²) in [5, 5.41) is 3.32. The van der Waals surface area contributed by atoms with Crippen molar-refractivity contribution in [2.75, 3.05) is 26.2 Å². The zero-order valence-electron chi connectivity index (χ0n) is 10.9. The van der Waals surface area contributed by atoms with E-state index >= 15 is 0 Å². The predicted molar refractivity (Wildman–Crippen MR) is 66.8 cm³/mol. The van der Waals surface area contributed by atoms with Gasteiger partial charge in [-0.1, -0.05) is 6.92 Å². The van der Waals surface area contributed by atoms with Crippen molar-refractivity contribution in [3.8, 4) is 0 Å². The maximum Gasteiger partial charge on any atom is 0.227 e. The van der Waals surface area contributed by atoms with Gasteiger partial charge < -0.3 is 15.0 Å². The van der Waals surface area contributed by atoms with E-state index in [0.29, 0.717) is 12.5 Å². The Morgan fingerprint density at radius 2 is 2.35 bits per heavy atom. The number of hydrogen-bond acceptors (Lipinski definition) is 3. The predicted octanol–water partition coefficient (Wildman–Crippen LogP) is 1.01. The molecule has 0 spiro atoms. The number of carbonyl (C=O) groups is 1. The third-order valence-electron chi connectivity index (χ3n) is 3.87. The quantitative estimate of drug-likeness (QED) is 0.783. The van der Waals surface area contributed by atoms with Crippen LogP contribution in [0.5, 0.6) is 0 Å². The van der Waals surface area contributed by atoms with E-state index in [4.69, 9.17) is 4.74 Å². The van der Waals surface area contributed by atoms with Gasteiger partial charge >= 0.3 is 0 Å². The highest BCUT2D eigenvalue weighted by atomic mass is 16.5. The molecular weight excluding hydrogens is 216 g/mol. The summed E-state index contributed by atoms with van der Waals surface area (Å²) in [6.07, 6.45) is 3.32. The molecule has 0 saturated carbocycles. The Morgan fingerprint density at radius 1 is 1.53 bits per heavy atom. The maximum absolute atomic E-state index is 12.5. The van der Waals surface area contributed by atoms with Crippen LogP contribution in [0.15, 0.2) is 0 Å². The lowest BCUT2D eigenvalue weighted by Gasteiger charge is -2.40.